The summed E-state index contributed by atoms with van der Waals surface area (Å²) in [6.07, 6.45) is 2.93. The number of likely N-dealkylation sites (N-methyl/N-ethyl adjacent to an activating group) is 4. The summed E-state index contributed by atoms with van der Waals surface area (Å²) in [6, 6.07) is 4.32. The number of aliphatic hydroxyl groups excluding tert-OH is 2. The predicted molar refractivity (Wildman–Crippen MR) is 299 cm³/mol. The number of amides is 8. The molecule has 2 aromatic carbocycles. The van der Waals surface area contributed by atoms with Crippen molar-refractivity contribution in [3.63, 3.8) is 0 Å². The van der Waals surface area contributed by atoms with Crippen molar-refractivity contribution in [1.29, 1.82) is 0 Å². The number of carbonyl (C=O) groups excluding carboxylic acids is 8. The van der Waals surface area contributed by atoms with E-state index >= 15 is 0 Å². The van der Waals surface area contributed by atoms with E-state index in [4.69, 9.17) is 0 Å². The van der Waals surface area contributed by atoms with Gasteiger partial charge in [-0.1, -0.05) is 52.0 Å². The number of carboxylic acids is 2. The fourth-order valence-corrected chi connectivity index (χ4v) is 8.71. The summed E-state index contributed by atoms with van der Waals surface area (Å²) in [6.45, 7) is 8.58. The van der Waals surface area contributed by atoms with Gasteiger partial charge in [-0.15, -0.1) is 0 Å². The Morgan fingerprint density at radius 3 is 1.05 bits per heavy atom. The molecule has 436 valence electrons. The van der Waals surface area contributed by atoms with Crippen LogP contribution in [0.5, 0.6) is 0 Å². The number of fused-ring (bicyclic) bond motifs is 2. The molecule has 0 aliphatic carbocycles. The fourth-order valence-electron chi connectivity index (χ4n) is 7.91. The van der Waals surface area contributed by atoms with Crippen LogP contribution < -0.4 is 21.3 Å². The van der Waals surface area contributed by atoms with Crippen LogP contribution in [-0.4, -0.2) is 220 Å². The number of nitrogens with one attached hydrogen (secondary N) is 4. The molecule has 0 saturated heterocycles. The van der Waals surface area contributed by atoms with E-state index < -0.39 is 121 Å². The van der Waals surface area contributed by atoms with Crippen molar-refractivity contribution < 1.29 is 68.4 Å². The normalized spacial score (nSPS) is 14.1. The lowest BCUT2D eigenvalue weighted by Gasteiger charge is -2.34. The minimum absolute atomic E-state index is 0.00800. The highest BCUT2D eigenvalue weighted by molar-refractivity contribution is 7.80. The Morgan fingerprint density at radius 2 is 0.775 bits per heavy atom. The molecule has 8 atom stereocenters. The number of carbonyl (C=O) groups is 10. The molecule has 0 unspecified atom stereocenters. The smallest absolute Gasteiger partial charge is 0.326 e. The number of rotatable bonds is 26. The number of thiol groups is 2. The molecule has 0 aliphatic heterocycles. The van der Waals surface area contributed by atoms with Gasteiger partial charge in [-0.2, -0.15) is 25.3 Å². The van der Waals surface area contributed by atoms with Gasteiger partial charge in [0.2, 0.25) is 35.4 Å². The molecule has 2 heterocycles. The number of benzene rings is 2. The van der Waals surface area contributed by atoms with Crippen molar-refractivity contribution in [2.75, 3.05) is 52.9 Å². The first-order valence-corrected chi connectivity index (χ1v) is 26.5. The van der Waals surface area contributed by atoms with Gasteiger partial charge in [-0.25, -0.2) is 19.6 Å². The van der Waals surface area contributed by atoms with E-state index in [1.165, 1.54) is 54.4 Å². The van der Waals surface area contributed by atoms with Gasteiger partial charge >= 0.3 is 11.9 Å². The molecular formula is C52H72N12O14S2. The number of hydrogen-bond acceptors (Lipinski definition) is 18. The molecule has 8 N–H and O–H groups in total. The van der Waals surface area contributed by atoms with Crippen LogP contribution in [0.4, 0.5) is 0 Å². The summed E-state index contributed by atoms with van der Waals surface area (Å²) >= 11 is 8.37. The molecule has 0 fully saturated rings. The van der Waals surface area contributed by atoms with Crippen LogP contribution >= 0.6 is 25.3 Å². The van der Waals surface area contributed by atoms with Crippen LogP contribution in [0.3, 0.4) is 0 Å². The first-order chi connectivity index (χ1) is 37.6. The van der Waals surface area contributed by atoms with Crippen molar-refractivity contribution in [2.24, 2.45) is 11.8 Å². The number of carboxylic acid groups (broad SMARTS) is 2. The highest BCUT2D eigenvalue weighted by Gasteiger charge is 2.38. The largest absolute Gasteiger partial charge is 0.480 e. The SMILES string of the molecule is CC(C)C[C@@H](C(=O)O)N(C)C(=O)[C@H](CS)N(C)C(=O)[C@H](C)NC(=O)[C@@H](CO)NC(=O)c1cnc2ccccc2n1.CC(C)C[C@@H](C(=O)O)N(C)C(=O)[C@H](CS)N(C)C(=O)[C@H](C)NC(=O)[C@@H](CO)NC(=O)c1cnc2ccccc2n1. The van der Waals surface area contributed by atoms with Crippen molar-refractivity contribution in [1.82, 2.24) is 60.8 Å². The molecule has 4 aromatic rings. The Labute approximate surface area is 473 Å². The quantitative estimate of drug-likeness (QED) is 0.0366. The van der Waals surface area contributed by atoms with Crippen LogP contribution in [0, 0.1) is 11.8 Å². The van der Waals surface area contributed by atoms with Gasteiger partial charge in [0.1, 0.15) is 59.7 Å². The van der Waals surface area contributed by atoms with Gasteiger partial charge in [-0.3, -0.25) is 48.3 Å². The third-order valence-corrected chi connectivity index (χ3v) is 13.3. The maximum absolute atomic E-state index is 13.1. The van der Waals surface area contributed by atoms with Crippen molar-refractivity contribution in [3.8, 4) is 0 Å². The van der Waals surface area contributed by atoms with Crippen molar-refractivity contribution in [3.05, 3.63) is 72.3 Å². The van der Waals surface area contributed by atoms with Crippen LogP contribution in [0.15, 0.2) is 60.9 Å². The Hall–Kier alpha value is -7.56. The molecule has 2 aromatic heterocycles. The summed E-state index contributed by atoms with van der Waals surface area (Å²) < 4.78 is 0. The van der Waals surface area contributed by atoms with Crippen LogP contribution in [-0.2, 0) is 38.4 Å². The van der Waals surface area contributed by atoms with Gasteiger partial charge in [0.15, 0.2) is 0 Å². The maximum Gasteiger partial charge on any atom is 0.326 e. The third-order valence-electron chi connectivity index (χ3n) is 12.6. The van der Waals surface area contributed by atoms with E-state index in [1.54, 1.807) is 48.5 Å². The minimum Gasteiger partial charge on any atom is -0.480 e. The second-order valence-electron chi connectivity index (χ2n) is 19.5. The zero-order valence-corrected chi connectivity index (χ0v) is 47.9. The molecule has 80 heavy (non-hydrogen) atoms. The van der Waals surface area contributed by atoms with E-state index in [0.717, 1.165) is 19.6 Å². The Balaban J connectivity index is 0.000000420. The number of aliphatic hydroxyl groups is 2. The summed E-state index contributed by atoms with van der Waals surface area (Å²) in [7, 11) is 5.41. The lowest BCUT2D eigenvalue weighted by molar-refractivity contribution is -0.153. The molecule has 0 saturated carbocycles. The number of aliphatic carboxylic acids is 2. The standard InChI is InChI=1S/2C26H36N6O7S/c2*1-14(2)10-20(26(38)39)31(4)25(37)21(13-40)32(5)24(36)15(3)28-23(35)19(12-33)30-22(34)18-11-27-16-8-6-7-9-17(16)29-18/h2*6-9,11,14-15,19-21,33,40H,10,12-13H2,1-5H3,(H,28,35)(H,30,34)(H,38,39)/t2*15-,19+,20-,21-/m00/s1. The monoisotopic (exact) mass is 1150 g/mol. The summed E-state index contributed by atoms with van der Waals surface area (Å²) in [5, 5.41) is 48.2. The molecule has 26 nitrogen and oxygen atoms in total. The summed E-state index contributed by atoms with van der Waals surface area (Å²) in [5.74, 6) is -8.23. The van der Waals surface area contributed by atoms with E-state index in [9.17, 15) is 68.4 Å². The molecule has 0 spiro atoms. The average molecular weight is 1150 g/mol. The van der Waals surface area contributed by atoms with E-state index in [2.05, 4.69) is 66.5 Å². The molecule has 8 amide bonds. The molecule has 0 aliphatic rings. The molecule has 0 bridgehead atoms. The van der Waals surface area contributed by atoms with Crippen LogP contribution in [0.1, 0.15) is 75.4 Å². The van der Waals surface area contributed by atoms with E-state index in [0.29, 0.717) is 22.1 Å². The van der Waals surface area contributed by atoms with E-state index in [-0.39, 0.29) is 47.6 Å². The average Bonchev–Trinajstić information content (AvgIpc) is 3.43. The Bertz CT molecular complexity index is 2680. The molecule has 4 rings (SSSR count). The summed E-state index contributed by atoms with van der Waals surface area (Å²) in [5.41, 5.74) is 1.97. The minimum atomic E-state index is -1.40. The Kier molecular flexibility index (Phi) is 26.1. The first kappa shape index (κ1) is 66.7. The first-order valence-electron chi connectivity index (χ1n) is 25.3. The highest BCUT2D eigenvalue weighted by atomic mass is 32.1. The van der Waals surface area contributed by atoms with Crippen molar-refractivity contribution >= 4 is 107 Å². The second kappa shape index (κ2) is 31.3. The van der Waals surface area contributed by atoms with Gasteiger partial charge in [-0.05, 0) is 62.8 Å². The summed E-state index contributed by atoms with van der Waals surface area (Å²) in [4.78, 5) is 148. The maximum atomic E-state index is 13.1. The van der Waals surface area contributed by atoms with Gasteiger partial charge < -0.3 is 61.3 Å². The lowest BCUT2D eigenvalue weighted by atomic mass is 10.0. The Morgan fingerprint density at radius 1 is 0.475 bits per heavy atom. The second-order valence-corrected chi connectivity index (χ2v) is 20.3. The van der Waals surface area contributed by atoms with Crippen molar-refractivity contribution in [2.45, 2.75) is 103 Å². The van der Waals surface area contributed by atoms with Crippen LogP contribution in [0.25, 0.3) is 22.1 Å². The molecule has 28 heteroatoms. The van der Waals surface area contributed by atoms with Crippen LogP contribution in [0.2, 0.25) is 0 Å². The lowest BCUT2D eigenvalue weighted by Crippen LogP contribution is -2.58. The van der Waals surface area contributed by atoms with E-state index in [1.807, 2.05) is 27.7 Å². The molecule has 0 radical (unpaired) electrons. The zero-order chi connectivity index (χ0) is 60.3. The number of aromatic nitrogens is 4. The predicted octanol–water partition coefficient (Wildman–Crippen LogP) is -0.121. The third kappa shape index (κ3) is 18.2. The van der Waals surface area contributed by atoms with Gasteiger partial charge in [0.05, 0.1) is 47.7 Å². The number of hydrogen-bond donors (Lipinski definition) is 10. The number of nitrogens with zero attached hydrogens (tertiary/aromatic N) is 8. The fraction of sp³-hybridized carbons (Fsp3) is 0.500. The van der Waals surface area contributed by atoms with Gasteiger partial charge in [0.25, 0.3) is 11.8 Å². The highest BCUT2D eigenvalue weighted by Crippen LogP contribution is 2.18. The molecular weight excluding hydrogens is 1080 g/mol. The topological polar surface area (TPSA) is 364 Å². The zero-order valence-electron chi connectivity index (χ0n) is 46.1. The van der Waals surface area contributed by atoms with Gasteiger partial charge in [0, 0.05) is 39.7 Å². The number of para-hydroxylation sites is 4.